The van der Waals surface area contributed by atoms with Crippen LogP contribution in [0.2, 0.25) is 0 Å². The van der Waals surface area contributed by atoms with Gasteiger partial charge in [0.1, 0.15) is 0 Å². The molecule has 1 aliphatic rings. The maximum Gasteiger partial charge on any atom is 0.306 e. The largest absolute Gasteiger partial charge is 0.481 e. The molecule has 0 aliphatic heterocycles. The minimum absolute atomic E-state index is 0.0785. The summed E-state index contributed by atoms with van der Waals surface area (Å²) in [4.78, 5) is 19.3. The molecule has 0 aromatic carbocycles. The number of hydrogen-bond donors (Lipinski definition) is 1. The Morgan fingerprint density at radius 3 is 2.85 bits per heavy atom. The molecule has 0 spiro atoms. The van der Waals surface area contributed by atoms with Gasteiger partial charge < -0.3 is 9.63 Å². The molecule has 0 amide bonds. The van der Waals surface area contributed by atoms with Crippen molar-refractivity contribution in [2.24, 2.45) is 5.92 Å². The molecule has 2 heterocycles. The fourth-order valence-corrected chi connectivity index (χ4v) is 2.62. The van der Waals surface area contributed by atoms with Crippen LogP contribution in [0.4, 0.5) is 0 Å². The molecule has 6 nitrogen and oxygen atoms in total. The van der Waals surface area contributed by atoms with Crippen molar-refractivity contribution in [2.45, 2.75) is 31.6 Å². The maximum atomic E-state index is 11.0. The van der Waals surface area contributed by atoms with E-state index < -0.39 is 5.97 Å². The Kier molecular flexibility index (Phi) is 3.45. The van der Waals surface area contributed by atoms with Gasteiger partial charge in [-0.1, -0.05) is 5.16 Å². The normalized spacial score (nSPS) is 22.0. The van der Waals surface area contributed by atoms with Crippen molar-refractivity contribution < 1.29 is 14.4 Å². The van der Waals surface area contributed by atoms with Gasteiger partial charge in [-0.15, -0.1) is 0 Å². The highest BCUT2D eigenvalue weighted by molar-refractivity contribution is 5.70. The van der Waals surface area contributed by atoms with Crippen molar-refractivity contribution in [3.05, 3.63) is 41.8 Å². The van der Waals surface area contributed by atoms with E-state index in [1.807, 2.05) is 12.1 Å². The van der Waals surface area contributed by atoms with E-state index in [4.69, 9.17) is 9.63 Å². The highest BCUT2D eigenvalue weighted by Crippen LogP contribution is 2.37. The molecule has 2 aromatic heterocycles. The number of hydrogen-bond acceptors (Lipinski definition) is 5. The molecular weight excluding hydrogens is 258 g/mol. The number of pyridine rings is 1. The van der Waals surface area contributed by atoms with E-state index in [2.05, 4.69) is 15.1 Å². The Morgan fingerprint density at radius 1 is 1.35 bits per heavy atom. The van der Waals surface area contributed by atoms with E-state index in [1.165, 1.54) is 0 Å². The Bertz CT molecular complexity index is 597. The van der Waals surface area contributed by atoms with Crippen LogP contribution in [0.3, 0.4) is 0 Å². The zero-order valence-electron chi connectivity index (χ0n) is 10.9. The van der Waals surface area contributed by atoms with Crippen molar-refractivity contribution in [1.82, 2.24) is 15.1 Å². The summed E-state index contributed by atoms with van der Waals surface area (Å²) in [7, 11) is 0. The summed E-state index contributed by atoms with van der Waals surface area (Å²) in [6, 6.07) is 3.82. The lowest BCUT2D eigenvalue weighted by molar-refractivity contribution is -0.141. The average molecular weight is 273 g/mol. The molecule has 1 N–H and O–H groups in total. The zero-order valence-corrected chi connectivity index (χ0v) is 10.9. The first-order valence-electron chi connectivity index (χ1n) is 6.66. The standard InChI is InChI=1S/C14H15N3O3/c18-14(19)11-2-1-10(8-11)13-16-12(17-20-13)7-9-3-5-15-6-4-9/h3-6,10-11H,1-2,7-8H2,(H,18,19). The van der Waals surface area contributed by atoms with Gasteiger partial charge in [0, 0.05) is 24.7 Å². The first-order chi connectivity index (χ1) is 9.72. The Hall–Kier alpha value is -2.24. The SMILES string of the molecule is O=C(O)C1CCC(c2nc(Cc3ccncc3)no2)C1. The zero-order chi connectivity index (χ0) is 13.9. The van der Waals surface area contributed by atoms with E-state index in [0.717, 1.165) is 12.0 Å². The van der Waals surface area contributed by atoms with Crippen LogP contribution in [-0.4, -0.2) is 26.2 Å². The third-order valence-corrected chi connectivity index (χ3v) is 3.73. The predicted molar refractivity (Wildman–Crippen MR) is 69.1 cm³/mol. The lowest BCUT2D eigenvalue weighted by Crippen LogP contribution is -2.09. The summed E-state index contributed by atoms with van der Waals surface area (Å²) < 4.78 is 5.28. The first-order valence-corrected chi connectivity index (χ1v) is 6.66. The van der Waals surface area contributed by atoms with Crippen LogP contribution in [0.1, 0.15) is 42.5 Å². The van der Waals surface area contributed by atoms with Crippen molar-refractivity contribution >= 4 is 5.97 Å². The molecule has 104 valence electrons. The fourth-order valence-electron chi connectivity index (χ4n) is 2.62. The van der Waals surface area contributed by atoms with E-state index >= 15 is 0 Å². The van der Waals surface area contributed by atoms with E-state index in [0.29, 0.717) is 31.0 Å². The van der Waals surface area contributed by atoms with Gasteiger partial charge in [-0.2, -0.15) is 4.98 Å². The van der Waals surface area contributed by atoms with Crippen molar-refractivity contribution in [2.75, 3.05) is 0 Å². The second-order valence-corrected chi connectivity index (χ2v) is 5.13. The summed E-state index contributed by atoms with van der Waals surface area (Å²) in [5, 5.41) is 13.0. The van der Waals surface area contributed by atoms with Crippen molar-refractivity contribution in [1.29, 1.82) is 0 Å². The molecule has 3 rings (SSSR count). The van der Waals surface area contributed by atoms with Crippen LogP contribution >= 0.6 is 0 Å². The first kappa shape index (κ1) is 12.8. The Labute approximate surface area is 115 Å². The fraction of sp³-hybridized carbons (Fsp3) is 0.429. The predicted octanol–water partition coefficient (Wildman–Crippen LogP) is 2.02. The summed E-state index contributed by atoms with van der Waals surface area (Å²) in [6.07, 6.45) is 6.12. The number of rotatable bonds is 4. The number of aromatic nitrogens is 3. The highest BCUT2D eigenvalue weighted by Gasteiger charge is 2.33. The molecule has 2 aromatic rings. The second kappa shape index (κ2) is 5.40. The number of aliphatic carboxylic acids is 1. The summed E-state index contributed by atoms with van der Waals surface area (Å²) >= 11 is 0. The van der Waals surface area contributed by atoms with Gasteiger partial charge >= 0.3 is 5.97 Å². The minimum atomic E-state index is -0.732. The minimum Gasteiger partial charge on any atom is -0.481 e. The van der Waals surface area contributed by atoms with Crippen LogP contribution < -0.4 is 0 Å². The monoisotopic (exact) mass is 273 g/mol. The molecule has 0 saturated heterocycles. The molecule has 2 atom stereocenters. The van der Waals surface area contributed by atoms with Gasteiger partial charge in [-0.25, -0.2) is 0 Å². The third-order valence-electron chi connectivity index (χ3n) is 3.73. The van der Waals surface area contributed by atoms with Crippen LogP contribution in [-0.2, 0) is 11.2 Å². The Morgan fingerprint density at radius 2 is 2.15 bits per heavy atom. The number of carboxylic acids is 1. The van der Waals surface area contributed by atoms with Gasteiger partial charge in [-0.3, -0.25) is 9.78 Å². The molecule has 6 heteroatoms. The number of carboxylic acid groups (broad SMARTS) is 1. The molecule has 1 fully saturated rings. The van der Waals surface area contributed by atoms with Crippen LogP contribution in [0.5, 0.6) is 0 Å². The lowest BCUT2D eigenvalue weighted by atomic mass is 10.1. The van der Waals surface area contributed by atoms with Gasteiger partial charge in [0.25, 0.3) is 0 Å². The van der Waals surface area contributed by atoms with Gasteiger partial charge in [0.15, 0.2) is 5.82 Å². The third kappa shape index (κ3) is 2.68. The molecule has 20 heavy (non-hydrogen) atoms. The quantitative estimate of drug-likeness (QED) is 0.916. The average Bonchev–Trinajstić information content (AvgIpc) is 3.08. The van der Waals surface area contributed by atoms with Gasteiger partial charge in [0.2, 0.25) is 5.89 Å². The second-order valence-electron chi connectivity index (χ2n) is 5.13. The molecule has 0 bridgehead atoms. The van der Waals surface area contributed by atoms with Crippen molar-refractivity contribution in [3.8, 4) is 0 Å². The summed E-state index contributed by atoms with van der Waals surface area (Å²) in [6.45, 7) is 0. The van der Waals surface area contributed by atoms with Crippen LogP contribution in [0.25, 0.3) is 0 Å². The highest BCUT2D eigenvalue weighted by atomic mass is 16.5. The van der Waals surface area contributed by atoms with E-state index in [9.17, 15) is 4.79 Å². The molecule has 1 aliphatic carbocycles. The molecule has 2 unspecified atom stereocenters. The van der Waals surface area contributed by atoms with E-state index in [-0.39, 0.29) is 11.8 Å². The number of nitrogens with zero attached hydrogens (tertiary/aromatic N) is 3. The van der Waals surface area contributed by atoms with Gasteiger partial charge in [0.05, 0.1) is 5.92 Å². The smallest absolute Gasteiger partial charge is 0.306 e. The lowest BCUT2D eigenvalue weighted by Gasteiger charge is -2.02. The number of carbonyl (C=O) groups is 1. The van der Waals surface area contributed by atoms with E-state index in [1.54, 1.807) is 12.4 Å². The van der Waals surface area contributed by atoms with Gasteiger partial charge in [-0.05, 0) is 37.0 Å². The molecule has 0 radical (unpaired) electrons. The Balaban J connectivity index is 1.67. The molecular formula is C14H15N3O3. The summed E-state index contributed by atoms with van der Waals surface area (Å²) in [5.41, 5.74) is 1.07. The van der Waals surface area contributed by atoms with Crippen molar-refractivity contribution in [3.63, 3.8) is 0 Å². The summed E-state index contributed by atoms with van der Waals surface area (Å²) in [5.74, 6) is 0.261. The maximum absolute atomic E-state index is 11.0. The molecule has 1 saturated carbocycles. The van der Waals surface area contributed by atoms with Crippen LogP contribution in [0, 0.1) is 5.92 Å². The van der Waals surface area contributed by atoms with Crippen LogP contribution in [0.15, 0.2) is 29.0 Å². The topological polar surface area (TPSA) is 89.1 Å².